The van der Waals surface area contributed by atoms with Crippen molar-refractivity contribution in [1.29, 1.82) is 0 Å². The van der Waals surface area contributed by atoms with Crippen LogP contribution in [0.1, 0.15) is 65.2 Å². The summed E-state index contributed by atoms with van der Waals surface area (Å²) < 4.78 is 0. The molecule has 0 aromatic heterocycles. The van der Waals surface area contributed by atoms with Crippen molar-refractivity contribution in [3.05, 3.63) is 0 Å². The first kappa shape index (κ1) is 15.8. The van der Waals surface area contributed by atoms with Crippen LogP contribution in [0, 0.1) is 5.92 Å². The molecular weight excluding hydrogens is 258 g/mol. The van der Waals surface area contributed by atoms with Crippen LogP contribution in [0.5, 0.6) is 0 Å². The second-order valence-electron chi connectivity index (χ2n) is 8.20. The van der Waals surface area contributed by atoms with Crippen LogP contribution in [-0.2, 0) is 0 Å². The molecule has 2 aliphatic heterocycles. The standard InChI is InChI=1S/C18H35N3/c1-15(2)13-21(16-6-3-4-7-16)18(14-19)9-11-20-10-5-8-17(20)12-18/h15-17H,3-14,19H2,1-2H3. The van der Waals surface area contributed by atoms with Crippen LogP contribution in [0.3, 0.4) is 0 Å². The van der Waals surface area contributed by atoms with Crippen LogP contribution in [0.2, 0.25) is 0 Å². The van der Waals surface area contributed by atoms with Crippen LogP contribution in [-0.4, -0.2) is 53.6 Å². The van der Waals surface area contributed by atoms with Gasteiger partial charge in [0.05, 0.1) is 0 Å². The normalized spacial score (nSPS) is 35.0. The molecule has 3 rings (SSSR count). The molecule has 3 aliphatic rings. The molecule has 2 heterocycles. The van der Waals surface area contributed by atoms with Crippen LogP contribution < -0.4 is 5.73 Å². The molecule has 0 radical (unpaired) electrons. The smallest absolute Gasteiger partial charge is 0.0361 e. The molecule has 0 amide bonds. The largest absolute Gasteiger partial charge is 0.329 e. The Hall–Kier alpha value is -0.120. The molecule has 2 N–H and O–H groups in total. The highest BCUT2D eigenvalue weighted by Crippen LogP contribution is 2.40. The molecule has 0 bridgehead atoms. The first-order valence-electron chi connectivity index (χ1n) is 9.35. The Morgan fingerprint density at radius 1 is 1.14 bits per heavy atom. The van der Waals surface area contributed by atoms with Crippen LogP contribution in [0.25, 0.3) is 0 Å². The van der Waals surface area contributed by atoms with Crippen molar-refractivity contribution in [2.24, 2.45) is 11.7 Å². The van der Waals surface area contributed by atoms with Crippen molar-refractivity contribution in [1.82, 2.24) is 9.80 Å². The van der Waals surface area contributed by atoms with E-state index in [0.29, 0.717) is 5.54 Å². The van der Waals surface area contributed by atoms with Gasteiger partial charge in [-0.15, -0.1) is 0 Å². The summed E-state index contributed by atoms with van der Waals surface area (Å²) in [5.74, 6) is 0.746. The lowest BCUT2D eigenvalue weighted by Crippen LogP contribution is -2.63. The Morgan fingerprint density at radius 3 is 2.57 bits per heavy atom. The predicted molar refractivity (Wildman–Crippen MR) is 89.4 cm³/mol. The van der Waals surface area contributed by atoms with E-state index in [9.17, 15) is 0 Å². The molecule has 122 valence electrons. The van der Waals surface area contributed by atoms with Crippen molar-refractivity contribution >= 4 is 0 Å². The van der Waals surface area contributed by atoms with E-state index in [1.165, 1.54) is 71.0 Å². The van der Waals surface area contributed by atoms with Gasteiger partial charge in [0.15, 0.2) is 0 Å². The van der Waals surface area contributed by atoms with E-state index in [1.54, 1.807) is 0 Å². The third-order valence-corrected chi connectivity index (χ3v) is 6.30. The van der Waals surface area contributed by atoms with E-state index in [2.05, 4.69) is 23.6 Å². The lowest BCUT2D eigenvalue weighted by atomic mass is 9.80. The molecule has 0 aromatic carbocycles. The first-order valence-corrected chi connectivity index (χ1v) is 9.35. The summed E-state index contributed by atoms with van der Waals surface area (Å²) in [5, 5.41) is 0. The molecule has 3 nitrogen and oxygen atoms in total. The zero-order valence-corrected chi connectivity index (χ0v) is 14.2. The summed E-state index contributed by atoms with van der Waals surface area (Å²) in [6.45, 7) is 9.46. The van der Waals surface area contributed by atoms with Crippen molar-refractivity contribution < 1.29 is 0 Å². The summed E-state index contributed by atoms with van der Waals surface area (Å²) in [6.07, 6.45) is 11.1. The van der Waals surface area contributed by atoms with E-state index in [1.807, 2.05) is 0 Å². The van der Waals surface area contributed by atoms with Gasteiger partial charge in [-0.25, -0.2) is 0 Å². The second-order valence-corrected chi connectivity index (χ2v) is 8.20. The number of rotatable bonds is 5. The third kappa shape index (κ3) is 3.16. The molecule has 0 spiro atoms. The van der Waals surface area contributed by atoms with Crippen LogP contribution in [0.15, 0.2) is 0 Å². The number of fused-ring (bicyclic) bond motifs is 1. The summed E-state index contributed by atoms with van der Waals surface area (Å²) in [4.78, 5) is 5.62. The Bertz CT molecular complexity index is 337. The van der Waals surface area contributed by atoms with Gasteiger partial charge in [0, 0.05) is 37.3 Å². The molecule has 21 heavy (non-hydrogen) atoms. The zero-order chi connectivity index (χ0) is 14.9. The van der Waals surface area contributed by atoms with Crippen LogP contribution in [0.4, 0.5) is 0 Å². The fourth-order valence-corrected chi connectivity index (χ4v) is 5.22. The molecule has 0 aromatic rings. The summed E-state index contributed by atoms with van der Waals surface area (Å²) >= 11 is 0. The van der Waals surface area contributed by atoms with Crippen molar-refractivity contribution in [2.45, 2.75) is 82.8 Å². The Kier molecular flexibility index (Phi) is 4.92. The van der Waals surface area contributed by atoms with Gasteiger partial charge in [-0.2, -0.15) is 0 Å². The lowest BCUT2D eigenvalue weighted by Gasteiger charge is -2.53. The lowest BCUT2D eigenvalue weighted by molar-refractivity contribution is -0.0223. The van der Waals surface area contributed by atoms with Crippen molar-refractivity contribution in [3.8, 4) is 0 Å². The van der Waals surface area contributed by atoms with E-state index < -0.39 is 0 Å². The van der Waals surface area contributed by atoms with Gasteiger partial charge in [-0.1, -0.05) is 26.7 Å². The van der Waals surface area contributed by atoms with Gasteiger partial charge in [0.2, 0.25) is 0 Å². The van der Waals surface area contributed by atoms with Gasteiger partial charge in [0.25, 0.3) is 0 Å². The SMILES string of the molecule is CC(C)CN(C1CCCC1)C1(CN)CCN2CCCC2C1. The zero-order valence-electron chi connectivity index (χ0n) is 14.2. The van der Waals surface area contributed by atoms with Gasteiger partial charge < -0.3 is 10.6 Å². The number of hydrogen-bond acceptors (Lipinski definition) is 3. The quantitative estimate of drug-likeness (QED) is 0.846. The molecule has 1 saturated carbocycles. The molecule has 3 heteroatoms. The second kappa shape index (κ2) is 6.55. The topological polar surface area (TPSA) is 32.5 Å². The fraction of sp³-hybridized carbons (Fsp3) is 1.00. The maximum Gasteiger partial charge on any atom is 0.0361 e. The first-order chi connectivity index (χ1) is 10.1. The minimum Gasteiger partial charge on any atom is -0.329 e. The maximum absolute atomic E-state index is 6.41. The molecule has 2 atom stereocenters. The van der Waals surface area contributed by atoms with Crippen molar-refractivity contribution in [2.75, 3.05) is 26.2 Å². The summed E-state index contributed by atoms with van der Waals surface area (Å²) in [5.41, 5.74) is 6.70. The molecular formula is C18H35N3. The van der Waals surface area contributed by atoms with Gasteiger partial charge in [-0.05, 0) is 51.0 Å². The Morgan fingerprint density at radius 2 is 1.90 bits per heavy atom. The molecule has 2 saturated heterocycles. The summed E-state index contributed by atoms with van der Waals surface area (Å²) in [6, 6.07) is 1.63. The monoisotopic (exact) mass is 293 g/mol. The predicted octanol–water partition coefficient (Wildman–Crippen LogP) is 2.84. The Labute approximate surface area is 131 Å². The van der Waals surface area contributed by atoms with E-state index in [4.69, 9.17) is 5.73 Å². The highest BCUT2D eigenvalue weighted by atomic mass is 15.3. The minimum absolute atomic E-state index is 0.296. The average molecular weight is 293 g/mol. The number of hydrogen-bond donors (Lipinski definition) is 1. The van der Waals surface area contributed by atoms with E-state index in [-0.39, 0.29) is 0 Å². The number of nitrogens with two attached hydrogens (primary N) is 1. The van der Waals surface area contributed by atoms with Crippen LogP contribution >= 0.6 is 0 Å². The average Bonchev–Trinajstić information content (AvgIpc) is 3.14. The van der Waals surface area contributed by atoms with E-state index >= 15 is 0 Å². The number of nitrogens with zero attached hydrogens (tertiary/aromatic N) is 2. The highest BCUT2D eigenvalue weighted by Gasteiger charge is 2.46. The van der Waals surface area contributed by atoms with Gasteiger partial charge in [-0.3, -0.25) is 4.90 Å². The molecule has 1 aliphatic carbocycles. The Balaban J connectivity index is 1.79. The van der Waals surface area contributed by atoms with E-state index in [0.717, 1.165) is 24.5 Å². The third-order valence-electron chi connectivity index (χ3n) is 6.30. The van der Waals surface area contributed by atoms with Gasteiger partial charge in [0.1, 0.15) is 0 Å². The molecule has 3 fully saturated rings. The van der Waals surface area contributed by atoms with Crippen molar-refractivity contribution in [3.63, 3.8) is 0 Å². The number of piperidine rings is 1. The molecule has 2 unspecified atom stereocenters. The van der Waals surface area contributed by atoms with Gasteiger partial charge >= 0.3 is 0 Å². The maximum atomic E-state index is 6.41. The minimum atomic E-state index is 0.296. The summed E-state index contributed by atoms with van der Waals surface area (Å²) in [7, 11) is 0. The highest BCUT2D eigenvalue weighted by molar-refractivity contribution is 5.04. The fourth-order valence-electron chi connectivity index (χ4n) is 5.22.